The maximum atomic E-state index is 11.0. The molecule has 3 heteroatoms. The van der Waals surface area contributed by atoms with Crippen molar-refractivity contribution in [2.45, 2.75) is 26.7 Å². The Morgan fingerprint density at radius 1 is 1.62 bits per heavy atom. The van der Waals surface area contributed by atoms with Crippen LogP contribution in [0.4, 0.5) is 0 Å². The second-order valence-corrected chi connectivity index (χ2v) is 3.97. The minimum Gasteiger partial charge on any atom is -0.512 e. The van der Waals surface area contributed by atoms with Crippen molar-refractivity contribution in [3.63, 3.8) is 0 Å². The van der Waals surface area contributed by atoms with Gasteiger partial charge in [0.25, 0.3) is 0 Å². The van der Waals surface area contributed by atoms with Gasteiger partial charge in [-0.2, -0.15) is 0 Å². The largest absolute Gasteiger partial charge is 0.512 e. The van der Waals surface area contributed by atoms with Crippen molar-refractivity contribution in [3.05, 3.63) is 35.6 Å². The number of carbonyl (C=O) groups is 1. The Morgan fingerprint density at radius 3 is 2.81 bits per heavy atom. The van der Waals surface area contributed by atoms with Crippen LogP contribution >= 0.6 is 0 Å². The zero-order valence-electron chi connectivity index (χ0n) is 9.68. The van der Waals surface area contributed by atoms with Gasteiger partial charge in [-0.1, -0.05) is 25.2 Å². The molecule has 1 aliphatic rings. The van der Waals surface area contributed by atoms with E-state index < -0.39 is 11.9 Å². The van der Waals surface area contributed by atoms with Crippen molar-refractivity contribution in [3.8, 4) is 0 Å². The smallest absolute Gasteiger partial charge is 0.306 e. The first-order valence-electron chi connectivity index (χ1n) is 5.56. The van der Waals surface area contributed by atoms with Gasteiger partial charge in [0.15, 0.2) is 0 Å². The van der Waals surface area contributed by atoms with Crippen molar-refractivity contribution in [2.24, 2.45) is 11.8 Å². The molecule has 2 unspecified atom stereocenters. The highest BCUT2D eigenvalue weighted by molar-refractivity contribution is 5.70. The highest BCUT2D eigenvalue weighted by Crippen LogP contribution is 2.31. The van der Waals surface area contributed by atoms with Crippen LogP contribution < -0.4 is 0 Å². The van der Waals surface area contributed by atoms with Crippen LogP contribution in [0.25, 0.3) is 0 Å². The van der Waals surface area contributed by atoms with Gasteiger partial charge >= 0.3 is 5.97 Å². The summed E-state index contributed by atoms with van der Waals surface area (Å²) in [4.78, 5) is 11.0. The quantitative estimate of drug-likeness (QED) is 0.768. The van der Waals surface area contributed by atoms with Crippen LogP contribution in [0.5, 0.6) is 0 Å². The summed E-state index contributed by atoms with van der Waals surface area (Å²) in [6.45, 7) is 3.75. The van der Waals surface area contributed by atoms with Crippen LogP contribution in [0.3, 0.4) is 0 Å². The first-order chi connectivity index (χ1) is 7.60. The molecule has 2 atom stereocenters. The molecule has 0 aromatic rings. The van der Waals surface area contributed by atoms with Crippen LogP contribution in [0.2, 0.25) is 0 Å². The lowest BCUT2D eigenvalue weighted by molar-refractivity contribution is -0.142. The molecule has 0 aromatic carbocycles. The minimum atomic E-state index is -0.791. The number of hydrogen-bond donors (Lipinski definition) is 2. The molecule has 0 radical (unpaired) electrons. The van der Waals surface area contributed by atoms with Gasteiger partial charge in [-0.3, -0.25) is 4.79 Å². The lowest BCUT2D eigenvalue weighted by atomic mass is 9.83. The summed E-state index contributed by atoms with van der Waals surface area (Å²) in [5, 5.41) is 18.8. The predicted molar refractivity (Wildman–Crippen MR) is 63.1 cm³/mol. The molecule has 0 saturated carbocycles. The van der Waals surface area contributed by atoms with Gasteiger partial charge in [0.1, 0.15) is 0 Å². The fourth-order valence-electron chi connectivity index (χ4n) is 1.94. The van der Waals surface area contributed by atoms with Crippen molar-refractivity contribution in [1.82, 2.24) is 0 Å². The van der Waals surface area contributed by atoms with E-state index in [-0.39, 0.29) is 11.7 Å². The van der Waals surface area contributed by atoms with Gasteiger partial charge in [-0.25, -0.2) is 0 Å². The third-order valence-corrected chi connectivity index (χ3v) is 3.01. The van der Waals surface area contributed by atoms with E-state index in [1.807, 2.05) is 26.0 Å². The Morgan fingerprint density at radius 2 is 2.31 bits per heavy atom. The molecule has 0 heterocycles. The maximum absolute atomic E-state index is 11.0. The molecule has 16 heavy (non-hydrogen) atoms. The van der Waals surface area contributed by atoms with E-state index in [4.69, 9.17) is 5.11 Å². The third kappa shape index (κ3) is 2.75. The van der Waals surface area contributed by atoms with Crippen LogP contribution in [-0.2, 0) is 4.79 Å². The number of hydrogen-bond acceptors (Lipinski definition) is 2. The SMILES string of the molecule is C/C=C1/C=CC=C(O)C1CC(CC)C(=O)O. The fraction of sp³-hybridized carbons (Fsp3) is 0.462. The number of carboxylic acid groups (broad SMARTS) is 1. The number of aliphatic carboxylic acids is 1. The lowest BCUT2D eigenvalue weighted by Gasteiger charge is -2.23. The van der Waals surface area contributed by atoms with Gasteiger partial charge < -0.3 is 10.2 Å². The molecule has 0 fully saturated rings. The van der Waals surface area contributed by atoms with Crippen molar-refractivity contribution in [2.75, 3.05) is 0 Å². The van der Waals surface area contributed by atoms with E-state index in [0.29, 0.717) is 12.8 Å². The molecule has 0 bridgehead atoms. The van der Waals surface area contributed by atoms with E-state index in [0.717, 1.165) is 5.57 Å². The molecule has 1 aliphatic carbocycles. The van der Waals surface area contributed by atoms with Gasteiger partial charge in [0.05, 0.1) is 11.7 Å². The summed E-state index contributed by atoms with van der Waals surface area (Å²) in [5.41, 5.74) is 0.986. The number of rotatable bonds is 4. The average Bonchev–Trinajstić information content (AvgIpc) is 2.26. The summed E-state index contributed by atoms with van der Waals surface area (Å²) in [6, 6.07) is 0. The number of carboxylic acids is 1. The standard InChI is InChI=1S/C13H18O3/c1-3-9-6-5-7-12(14)11(9)8-10(4-2)13(15)16/h3,5-7,10-11,14H,4,8H2,1-2H3,(H,15,16)/b9-3-. The van der Waals surface area contributed by atoms with Crippen molar-refractivity contribution < 1.29 is 15.0 Å². The van der Waals surface area contributed by atoms with Gasteiger partial charge in [0, 0.05) is 5.92 Å². The molecule has 1 rings (SSSR count). The number of aliphatic hydroxyl groups excluding tert-OH is 1. The summed E-state index contributed by atoms with van der Waals surface area (Å²) in [6.07, 6.45) is 8.28. The molecule has 2 N–H and O–H groups in total. The first kappa shape index (κ1) is 12.6. The van der Waals surface area contributed by atoms with Gasteiger partial charge in [-0.15, -0.1) is 0 Å². The Kier molecular flexibility index (Phi) is 4.35. The second-order valence-electron chi connectivity index (χ2n) is 3.97. The maximum Gasteiger partial charge on any atom is 0.306 e. The van der Waals surface area contributed by atoms with Crippen LogP contribution in [0.15, 0.2) is 35.6 Å². The Bertz CT molecular complexity index is 350. The number of aliphatic hydroxyl groups is 1. The molecule has 0 aliphatic heterocycles. The molecule has 0 saturated heterocycles. The van der Waals surface area contributed by atoms with E-state index in [1.54, 1.807) is 12.2 Å². The number of allylic oxidation sites excluding steroid dienone is 5. The highest BCUT2D eigenvalue weighted by Gasteiger charge is 2.26. The first-order valence-corrected chi connectivity index (χ1v) is 5.56. The van der Waals surface area contributed by atoms with E-state index in [2.05, 4.69) is 0 Å². The summed E-state index contributed by atoms with van der Waals surface area (Å²) >= 11 is 0. The van der Waals surface area contributed by atoms with E-state index in [1.165, 1.54) is 0 Å². The minimum absolute atomic E-state index is 0.170. The average molecular weight is 222 g/mol. The second kappa shape index (κ2) is 5.54. The molecule has 3 nitrogen and oxygen atoms in total. The normalized spacial score (nSPS) is 24.2. The third-order valence-electron chi connectivity index (χ3n) is 3.01. The van der Waals surface area contributed by atoms with Crippen molar-refractivity contribution >= 4 is 5.97 Å². The van der Waals surface area contributed by atoms with E-state index in [9.17, 15) is 9.90 Å². The highest BCUT2D eigenvalue weighted by atomic mass is 16.4. The topological polar surface area (TPSA) is 57.5 Å². The molecule has 0 spiro atoms. The van der Waals surface area contributed by atoms with Gasteiger partial charge in [-0.05, 0) is 31.4 Å². The summed E-state index contributed by atoms with van der Waals surface area (Å²) < 4.78 is 0. The summed E-state index contributed by atoms with van der Waals surface area (Å²) in [7, 11) is 0. The predicted octanol–water partition coefficient (Wildman–Crippen LogP) is 3.06. The molecular weight excluding hydrogens is 204 g/mol. The molecular formula is C13H18O3. The molecule has 0 aromatic heterocycles. The van der Waals surface area contributed by atoms with Gasteiger partial charge in [0.2, 0.25) is 0 Å². The fourth-order valence-corrected chi connectivity index (χ4v) is 1.94. The Hall–Kier alpha value is -1.51. The van der Waals surface area contributed by atoms with Crippen LogP contribution in [0, 0.1) is 11.8 Å². The monoisotopic (exact) mass is 222 g/mol. The zero-order valence-corrected chi connectivity index (χ0v) is 9.68. The van der Waals surface area contributed by atoms with Crippen molar-refractivity contribution in [1.29, 1.82) is 0 Å². The van der Waals surface area contributed by atoms with Crippen LogP contribution in [0.1, 0.15) is 26.7 Å². The lowest BCUT2D eigenvalue weighted by Crippen LogP contribution is -2.20. The van der Waals surface area contributed by atoms with Crippen LogP contribution in [-0.4, -0.2) is 16.2 Å². The Balaban J connectivity index is 2.82. The summed E-state index contributed by atoms with van der Waals surface area (Å²) in [5.74, 6) is -1.10. The zero-order chi connectivity index (χ0) is 12.1. The molecule has 88 valence electrons. The molecule has 0 amide bonds. The van der Waals surface area contributed by atoms with E-state index >= 15 is 0 Å². The Labute approximate surface area is 95.8 Å².